The molecule has 0 aromatic heterocycles. The van der Waals surface area contributed by atoms with Crippen LogP contribution in [0.4, 0.5) is 5.69 Å². The number of carbonyl (C=O) groups is 1. The third-order valence-electron chi connectivity index (χ3n) is 3.77. The Labute approximate surface area is 118 Å². The van der Waals surface area contributed by atoms with Gasteiger partial charge in [-0.15, -0.1) is 0 Å². The van der Waals surface area contributed by atoms with Gasteiger partial charge in [0.25, 0.3) is 0 Å². The van der Waals surface area contributed by atoms with Gasteiger partial charge in [0.1, 0.15) is 0 Å². The van der Waals surface area contributed by atoms with Crippen molar-refractivity contribution in [1.82, 2.24) is 0 Å². The number of benzene rings is 2. The molecule has 1 aliphatic heterocycles. The van der Waals surface area contributed by atoms with Crippen molar-refractivity contribution in [2.45, 2.75) is 20.1 Å². The highest BCUT2D eigenvalue weighted by molar-refractivity contribution is 5.97. The number of para-hydroxylation sites is 1. The average Bonchev–Trinajstić information content (AvgIpc) is 2.43. The van der Waals surface area contributed by atoms with E-state index >= 15 is 0 Å². The van der Waals surface area contributed by atoms with Gasteiger partial charge in [0.05, 0.1) is 11.3 Å². The normalized spacial score (nSPS) is 17.6. The van der Waals surface area contributed by atoms with E-state index in [9.17, 15) is 4.79 Å². The number of hydrogen-bond acceptors (Lipinski definition) is 3. The first-order valence-corrected chi connectivity index (χ1v) is 6.68. The Kier molecular flexibility index (Phi) is 2.97. The molecule has 0 N–H and O–H groups in total. The van der Waals surface area contributed by atoms with Crippen LogP contribution in [0.5, 0.6) is 0 Å². The van der Waals surface area contributed by atoms with E-state index in [0.717, 1.165) is 16.8 Å². The van der Waals surface area contributed by atoms with Gasteiger partial charge in [-0.25, -0.2) is 4.79 Å². The van der Waals surface area contributed by atoms with Crippen LogP contribution >= 0.6 is 0 Å². The van der Waals surface area contributed by atoms with E-state index in [1.165, 1.54) is 5.56 Å². The zero-order valence-corrected chi connectivity index (χ0v) is 11.9. The minimum Gasteiger partial charge on any atom is -0.433 e. The fraction of sp³-hybridized carbons (Fsp3) is 0.235. The van der Waals surface area contributed by atoms with Crippen molar-refractivity contribution in [3.05, 3.63) is 64.7 Å². The molecule has 102 valence electrons. The van der Waals surface area contributed by atoms with Crippen molar-refractivity contribution in [3.63, 3.8) is 0 Å². The topological polar surface area (TPSA) is 29.5 Å². The zero-order valence-electron chi connectivity index (χ0n) is 11.9. The summed E-state index contributed by atoms with van der Waals surface area (Å²) in [4.78, 5) is 14.2. The molecule has 1 unspecified atom stereocenters. The number of rotatable bonds is 1. The maximum Gasteiger partial charge on any atom is 0.342 e. The first-order valence-electron chi connectivity index (χ1n) is 6.68. The summed E-state index contributed by atoms with van der Waals surface area (Å²) in [5, 5.41) is 0. The highest BCUT2D eigenvalue weighted by atomic mass is 16.6. The predicted molar refractivity (Wildman–Crippen MR) is 78.9 cm³/mol. The first kappa shape index (κ1) is 12.7. The lowest BCUT2D eigenvalue weighted by Gasteiger charge is -2.35. The highest BCUT2D eigenvalue weighted by Gasteiger charge is 2.31. The minimum absolute atomic E-state index is 0.260. The van der Waals surface area contributed by atoms with Gasteiger partial charge >= 0.3 is 5.97 Å². The van der Waals surface area contributed by atoms with Gasteiger partial charge in [-0.3, -0.25) is 0 Å². The first-order chi connectivity index (χ1) is 9.58. The second-order valence-corrected chi connectivity index (χ2v) is 5.25. The zero-order chi connectivity index (χ0) is 14.3. The van der Waals surface area contributed by atoms with Crippen molar-refractivity contribution in [2.24, 2.45) is 0 Å². The van der Waals surface area contributed by atoms with Crippen LogP contribution < -0.4 is 4.90 Å². The maximum atomic E-state index is 12.1. The molecular weight excluding hydrogens is 250 g/mol. The molecule has 0 fully saturated rings. The quantitative estimate of drug-likeness (QED) is 0.739. The molecule has 0 radical (unpaired) electrons. The van der Waals surface area contributed by atoms with E-state index in [0.29, 0.717) is 5.56 Å². The van der Waals surface area contributed by atoms with Gasteiger partial charge in [-0.1, -0.05) is 35.9 Å². The molecule has 1 heterocycles. The van der Waals surface area contributed by atoms with Crippen molar-refractivity contribution in [2.75, 3.05) is 11.9 Å². The molecule has 0 spiro atoms. The standard InChI is InChI=1S/C17H17NO2/c1-11-8-9-13(12(2)10-11)16-18(3)15-7-5-4-6-14(15)17(19)20-16/h4-10,16H,1-3H3. The fourth-order valence-electron chi connectivity index (χ4n) is 2.70. The Morgan fingerprint density at radius 2 is 1.85 bits per heavy atom. The number of cyclic esters (lactones) is 1. The van der Waals surface area contributed by atoms with E-state index in [4.69, 9.17) is 4.74 Å². The summed E-state index contributed by atoms with van der Waals surface area (Å²) in [6, 6.07) is 13.7. The fourth-order valence-corrected chi connectivity index (χ4v) is 2.70. The van der Waals surface area contributed by atoms with Crippen LogP contribution in [0.2, 0.25) is 0 Å². The van der Waals surface area contributed by atoms with Crippen molar-refractivity contribution >= 4 is 11.7 Å². The van der Waals surface area contributed by atoms with E-state index < -0.39 is 0 Å². The molecule has 0 aliphatic carbocycles. The number of esters is 1. The summed E-state index contributed by atoms with van der Waals surface area (Å²) in [6.45, 7) is 4.10. The Morgan fingerprint density at radius 1 is 1.10 bits per heavy atom. The van der Waals surface area contributed by atoms with Crippen LogP contribution in [0.25, 0.3) is 0 Å². The van der Waals surface area contributed by atoms with E-state index in [-0.39, 0.29) is 12.2 Å². The summed E-state index contributed by atoms with van der Waals surface area (Å²) in [5.74, 6) is -0.260. The molecule has 20 heavy (non-hydrogen) atoms. The molecular formula is C17H17NO2. The molecule has 3 rings (SSSR count). The average molecular weight is 267 g/mol. The Hall–Kier alpha value is -2.29. The number of carbonyl (C=O) groups excluding carboxylic acids is 1. The third kappa shape index (κ3) is 1.95. The number of aryl methyl sites for hydroxylation is 2. The Morgan fingerprint density at radius 3 is 2.60 bits per heavy atom. The monoisotopic (exact) mass is 267 g/mol. The van der Waals surface area contributed by atoms with Crippen LogP contribution in [0.1, 0.15) is 33.3 Å². The lowest BCUT2D eigenvalue weighted by molar-refractivity contribution is 0.0262. The third-order valence-corrected chi connectivity index (χ3v) is 3.77. The molecule has 1 atom stereocenters. The molecule has 3 nitrogen and oxygen atoms in total. The second-order valence-electron chi connectivity index (χ2n) is 5.25. The van der Waals surface area contributed by atoms with Gasteiger partial charge < -0.3 is 9.64 Å². The molecule has 0 saturated heterocycles. The molecule has 3 heteroatoms. The summed E-state index contributed by atoms with van der Waals surface area (Å²) in [7, 11) is 1.95. The molecule has 2 aromatic rings. The van der Waals surface area contributed by atoms with Crippen LogP contribution in [-0.4, -0.2) is 13.0 Å². The highest BCUT2D eigenvalue weighted by Crippen LogP contribution is 2.36. The van der Waals surface area contributed by atoms with E-state index in [1.54, 1.807) is 6.07 Å². The molecule has 2 aromatic carbocycles. The minimum atomic E-state index is -0.363. The molecule has 0 amide bonds. The Bertz CT molecular complexity index is 678. The van der Waals surface area contributed by atoms with Gasteiger partial charge in [0, 0.05) is 12.6 Å². The number of hydrogen-bond donors (Lipinski definition) is 0. The number of anilines is 1. The summed E-state index contributed by atoms with van der Waals surface area (Å²) in [5.41, 5.74) is 4.90. The van der Waals surface area contributed by atoms with Crippen LogP contribution in [0.15, 0.2) is 42.5 Å². The van der Waals surface area contributed by atoms with Gasteiger partial charge in [0.2, 0.25) is 6.23 Å². The van der Waals surface area contributed by atoms with E-state index in [2.05, 4.69) is 13.0 Å². The summed E-state index contributed by atoms with van der Waals surface area (Å²) < 4.78 is 5.62. The second kappa shape index (κ2) is 4.67. The largest absolute Gasteiger partial charge is 0.433 e. The van der Waals surface area contributed by atoms with Gasteiger partial charge in [0.15, 0.2) is 0 Å². The molecule has 0 bridgehead atoms. The van der Waals surface area contributed by atoms with Crippen molar-refractivity contribution in [3.8, 4) is 0 Å². The number of fused-ring (bicyclic) bond motifs is 1. The van der Waals surface area contributed by atoms with Crippen LogP contribution in [-0.2, 0) is 4.74 Å². The Balaban J connectivity index is 2.07. The van der Waals surface area contributed by atoms with Gasteiger partial charge in [-0.2, -0.15) is 0 Å². The summed E-state index contributed by atoms with van der Waals surface area (Å²) >= 11 is 0. The summed E-state index contributed by atoms with van der Waals surface area (Å²) in [6.07, 6.45) is -0.363. The SMILES string of the molecule is Cc1ccc(C2OC(=O)c3ccccc3N2C)c(C)c1. The maximum absolute atomic E-state index is 12.1. The lowest BCUT2D eigenvalue weighted by atomic mass is 10.0. The molecule has 0 saturated carbocycles. The number of nitrogens with zero attached hydrogens (tertiary/aromatic N) is 1. The van der Waals surface area contributed by atoms with Crippen LogP contribution in [0.3, 0.4) is 0 Å². The molecule has 1 aliphatic rings. The predicted octanol–water partition coefficient (Wildman–Crippen LogP) is 3.61. The van der Waals surface area contributed by atoms with Crippen molar-refractivity contribution in [1.29, 1.82) is 0 Å². The van der Waals surface area contributed by atoms with Crippen molar-refractivity contribution < 1.29 is 9.53 Å². The van der Waals surface area contributed by atoms with Gasteiger partial charge in [-0.05, 0) is 31.5 Å². The lowest BCUT2D eigenvalue weighted by Crippen LogP contribution is -2.34. The van der Waals surface area contributed by atoms with E-state index in [1.807, 2.05) is 49.2 Å². The number of ether oxygens (including phenoxy) is 1. The van der Waals surface area contributed by atoms with Crippen LogP contribution in [0, 0.1) is 13.8 Å². The smallest absolute Gasteiger partial charge is 0.342 e.